The summed E-state index contributed by atoms with van der Waals surface area (Å²) in [5.41, 5.74) is 0.666. The summed E-state index contributed by atoms with van der Waals surface area (Å²) < 4.78 is 0. The minimum Gasteiger partial charge on any atom is -0.337 e. The lowest BCUT2D eigenvalue weighted by molar-refractivity contribution is -0.123. The molecule has 0 bridgehead atoms. The number of carbonyl (C=O) groups is 1. The lowest BCUT2D eigenvalue weighted by Gasteiger charge is -2.28. The predicted molar refractivity (Wildman–Crippen MR) is 78.2 cm³/mol. The van der Waals surface area contributed by atoms with E-state index in [-0.39, 0.29) is 5.91 Å². The molecular weight excluding hydrogens is 270 g/mol. The summed E-state index contributed by atoms with van der Waals surface area (Å²) in [6.07, 6.45) is 3.12. The highest BCUT2D eigenvalue weighted by molar-refractivity contribution is 7.10. The minimum absolute atomic E-state index is 0.0281. The maximum absolute atomic E-state index is 12.2. The van der Waals surface area contributed by atoms with Crippen molar-refractivity contribution in [2.24, 2.45) is 5.92 Å². The van der Waals surface area contributed by atoms with Gasteiger partial charge in [0.25, 0.3) is 0 Å². The van der Waals surface area contributed by atoms with Crippen LogP contribution in [-0.2, 0) is 17.8 Å². The van der Waals surface area contributed by atoms with Crippen LogP contribution in [0.15, 0.2) is 11.4 Å². The maximum Gasteiger partial charge on any atom is 0.235 e. The van der Waals surface area contributed by atoms with Gasteiger partial charge in [-0.15, -0.1) is 11.3 Å². The van der Waals surface area contributed by atoms with Crippen LogP contribution in [0.4, 0.5) is 0 Å². The Balaban J connectivity index is 1.56. The van der Waals surface area contributed by atoms with Gasteiger partial charge in [0.05, 0.1) is 12.6 Å². The maximum atomic E-state index is 12.2. The van der Waals surface area contributed by atoms with Gasteiger partial charge in [-0.05, 0) is 49.1 Å². The van der Waals surface area contributed by atoms with E-state index in [0.717, 1.165) is 32.4 Å². The van der Waals surface area contributed by atoms with Gasteiger partial charge < -0.3 is 5.32 Å². The average molecular weight is 289 g/mol. The number of thiophene rings is 1. The standard InChI is InChI=1S/C15H19N3OS/c1-15(10-16,12-2-3-12)17-14(19)9-18-6-4-13-11(8-18)5-7-20-13/h5,7,12H,2-4,6,8-9H2,1H3,(H,17,19). The Hall–Kier alpha value is -1.38. The molecule has 20 heavy (non-hydrogen) atoms. The summed E-state index contributed by atoms with van der Waals surface area (Å²) in [5, 5.41) is 14.3. The lowest BCUT2D eigenvalue weighted by Crippen LogP contribution is -2.50. The van der Waals surface area contributed by atoms with Crippen LogP contribution in [0, 0.1) is 17.2 Å². The van der Waals surface area contributed by atoms with Gasteiger partial charge in [-0.1, -0.05) is 0 Å². The summed E-state index contributed by atoms with van der Waals surface area (Å²) in [6, 6.07) is 4.42. The molecule has 1 atom stereocenters. The molecule has 1 saturated carbocycles. The fraction of sp³-hybridized carbons (Fsp3) is 0.600. The first-order valence-corrected chi connectivity index (χ1v) is 7.98. The summed E-state index contributed by atoms with van der Waals surface area (Å²) in [6.45, 7) is 4.00. The summed E-state index contributed by atoms with van der Waals surface area (Å²) in [4.78, 5) is 15.8. The summed E-state index contributed by atoms with van der Waals surface area (Å²) >= 11 is 1.80. The second kappa shape index (κ2) is 5.19. The van der Waals surface area contributed by atoms with Crippen LogP contribution in [0.3, 0.4) is 0 Å². The van der Waals surface area contributed by atoms with E-state index in [9.17, 15) is 10.1 Å². The summed E-state index contributed by atoms with van der Waals surface area (Å²) in [7, 11) is 0. The van der Waals surface area contributed by atoms with E-state index in [1.807, 2.05) is 6.92 Å². The van der Waals surface area contributed by atoms with Crippen LogP contribution in [0.5, 0.6) is 0 Å². The van der Waals surface area contributed by atoms with Crippen molar-refractivity contribution >= 4 is 17.2 Å². The third-order valence-electron chi connectivity index (χ3n) is 4.28. The van der Waals surface area contributed by atoms with Gasteiger partial charge in [0.15, 0.2) is 0 Å². The number of nitrogens with one attached hydrogen (secondary N) is 1. The van der Waals surface area contributed by atoms with E-state index < -0.39 is 5.54 Å². The second-order valence-electron chi connectivity index (χ2n) is 5.97. The zero-order valence-electron chi connectivity index (χ0n) is 11.7. The zero-order chi connectivity index (χ0) is 14.2. The van der Waals surface area contributed by atoms with Crippen molar-refractivity contribution < 1.29 is 4.79 Å². The second-order valence-corrected chi connectivity index (χ2v) is 6.97. The highest BCUT2D eigenvalue weighted by Gasteiger charge is 2.43. The first-order chi connectivity index (χ1) is 9.60. The highest BCUT2D eigenvalue weighted by atomic mass is 32.1. The Bertz CT molecular complexity index is 558. The van der Waals surface area contributed by atoms with Crippen LogP contribution in [0.2, 0.25) is 0 Å². The molecule has 4 nitrogen and oxygen atoms in total. The molecule has 1 unspecified atom stereocenters. The van der Waals surface area contributed by atoms with Gasteiger partial charge in [-0.3, -0.25) is 9.69 Å². The zero-order valence-corrected chi connectivity index (χ0v) is 12.5. The fourth-order valence-electron chi connectivity index (χ4n) is 2.86. The molecule has 0 saturated heterocycles. The van der Waals surface area contributed by atoms with Crippen molar-refractivity contribution in [1.29, 1.82) is 5.26 Å². The van der Waals surface area contributed by atoms with Crippen molar-refractivity contribution in [2.75, 3.05) is 13.1 Å². The topological polar surface area (TPSA) is 56.1 Å². The first kappa shape index (κ1) is 13.6. The number of nitrogens with zero attached hydrogens (tertiary/aromatic N) is 2. The molecule has 2 aliphatic rings. The number of amides is 1. The van der Waals surface area contributed by atoms with E-state index in [0.29, 0.717) is 12.5 Å². The minimum atomic E-state index is -0.680. The smallest absolute Gasteiger partial charge is 0.235 e. The third-order valence-corrected chi connectivity index (χ3v) is 5.30. The normalized spacial score (nSPS) is 21.6. The molecule has 1 amide bonds. The first-order valence-electron chi connectivity index (χ1n) is 7.10. The number of hydrogen-bond acceptors (Lipinski definition) is 4. The molecule has 0 radical (unpaired) electrons. The molecule has 1 aromatic heterocycles. The van der Waals surface area contributed by atoms with E-state index in [1.54, 1.807) is 11.3 Å². The molecule has 2 heterocycles. The lowest BCUT2D eigenvalue weighted by atomic mass is 9.98. The van der Waals surface area contributed by atoms with Crippen LogP contribution >= 0.6 is 11.3 Å². The quantitative estimate of drug-likeness (QED) is 0.921. The molecule has 106 valence electrons. The Morgan fingerprint density at radius 3 is 3.15 bits per heavy atom. The molecular formula is C15H19N3OS. The Labute approximate surface area is 123 Å². The molecule has 1 aliphatic carbocycles. The van der Waals surface area contributed by atoms with E-state index in [4.69, 9.17) is 0 Å². The van der Waals surface area contributed by atoms with Crippen molar-refractivity contribution in [3.8, 4) is 6.07 Å². The van der Waals surface area contributed by atoms with Gasteiger partial charge in [0.1, 0.15) is 5.54 Å². The Morgan fingerprint density at radius 1 is 1.65 bits per heavy atom. The van der Waals surface area contributed by atoms with Gasteiger partial charge in [-0.2, -0.15) is 5.26 Å². The predicted octanol–water partition coefficient (Wildman–Crippen LogP) is 1.91. The molecule has 1 aliphatic heterocycles. The Morgan fingerprint density at radius 2 is 2.45 bits per heavy atom. The van der Waals surface area contributed by atoms with Crippen molar-refractivity contribution in [3.63, 3.8) is 0 Å². The molecule has 1 N–H and O–H groups in total. The largest absolute Gasteiger partial charge is 0.337 e. The van der Waals surface area contributed by atoms with E-state index in [1.165, 1.54) is 10.4 Å². The number of nitriles is 1. The van der Waals surface area contributed by atoms with Crippen LogP contribution < -0.4 is 5.32 Å². The van der Waals surface area contributed by atoms with Crippen LogP contribution in [0.25, 0.3) is 0 Å². The third kappa shape index (κ3) is 2.72. The van der Waals surface area contributed by atoms with Gasteiger partial charge in [0.2, 0.25) is 5.91 Å². The SMILES string of the molecule is CC(C#N)(NC(=O)CN1CCc2sccc2C1)C1CC1. The molecule has 5 heteroatoms. The monoisotopic (exact) mass is 289 g/mol. The van der Waals surface area contributed by atoms with Crippen LogP contribution in [-0.4, -0.2) is 29.4 Å². The Kier molecular flexibility index (Phi) is 3.53. The average Bonchev–Trinajstić information content (AvgIpc) is 3.18. The van der Waals surface area contributed by atoms with Gasteiger partial charge >= 0.3 is 0 Å². The number of rotatable bonds is 4. The molecule has 0 aromatic carbocycles. The van der Waals surface area contributed by atoms with Crippen molar-refractivity contribution in [3.05, 3.63) is 21.9 Å². The number of carbonyl (C=O) groups excluding carboxylic acids is 1. The van der Waals surface area contributed by atoms with Crippen molar-refractivity contribution in [1.82, 2.24) is 10.2 Å². The van der Waals surface area contributed by atoms with E-state index in [2.05, 4.69) is 27.7 Å². The fourth-order valence-corrected chi connectivity index (χ4v) is 3.75. The van der Waals surface area contributed by atoms with E-state index >= 15 is 0 Å². The van der Waals surface area contributed by atoms with Crippen molar-refractivity contribution in [2.45, 2.75) is 38.3 Å². The number of fused-ring (bicyclic) bond motifs is 1. The number of hydrogen-bond donors (Lipinski definition) is 1. The summed E-state index contributed by atoms with van der Waals surface area (Å²) in [5.74, 6) is 0.306. The molecule has 1 aromatic rings. The van der Waals surface area contributed by atoms with Gasteiger partial charge in [-0.25, -0.2) is 0 Å². The molecule has 1 fully saturated rings. The van der Waals surface area contributed by atoms with Gasteiger partial charge in [0, 0.05) is 18.0 Å². The van der Waals surface area contributed by atoms with Crippen LogP contribution in [0.1, 0.15) is 30.2 Å². The molecule has 0 spiro atoms. The molecule has 3 rings (SSSR count). The highest BCUT2D eigenvalue weighted by Crippen LogP contribution is 2.39.